The van der Waals surface area contributed by atoms with Crippen LogP contribution in [-0.4, -0.2) is 24.9 Å². The number of ether oxygens (including phenoxy) is 1. The monoisotopic (exact) mass is 389 g/mol. The number of esters is 1. The van der Waals surface area contributed by atoms with Gasteiger partial charge in [-0.05, 0) is 49.7 Å². The lowest BCUT2D eigenvalue weighted by atomic mass is 9.99. The van der Waals surface area contributed by atoms with E-state index in [4.69, 9.17) is 4.74 Å². The molecule has 0 radical (unpaired) electrons. The Bertz CT molecular complexity index is 726. The Kier molecular flexibility index (Phi) is 6.55. The molecule has 126 valence electrons. The standard InChI is InChI=1S/C19H20BrNO3/c1-3-21-17-10-7-14(19(23)24-4-2)12-16(17)18(22)11-13-5-8-15(20)9-6-13/h5-10,12,21H,3-4,11H2,1-2H3. The summed E-state index contributed by atoms with van der Waals surface area (Å²) in [5, 5.41) is 3.17. The molecule has 0 atom stereocenters. The Hall–Kier alpha value is -2.14. The number of Topliss-reactive ketones (excluding diaryl/α,β-unsaturated/α-hetero) is 1. The van der Waals surface area contributed by atoms with Crippen LogP contribution in [0.15, 0.2) is 46.9 Å². The molecule has 24 heavy (non-hydrogen) atoms. The van der Waals surface area contributed by atoms with Crippen molar-refractivity contribution < 1.29 is 14.3 Å². The first-order valence-corrected chi connectivity index (χ1v) is 8.67. The molecular formula is C19H20BrNO3. The summed E-state index contributed by atoms with van der Waals surface area (Å²) in [7, 11) is 0. The average molecular weight is 390 g/mol. The highest BCUT2D eigenvalue weighted by atomic mass is 79.9. The van der Waals surface area contributed by atoms with Crippen LogP contribution in [0.5, 0.6) is 0 Å². The van der Waals surface area contributed by atoms with Crippen LogP contribution in [0.25, 0.3) is 0 Å². The van der Waals surface area contributed by atoms with Crippen molar-refractivity contribution in [3.05, 3.63) is 63.6 Å². The van der Waals surface area contributed by atoms with Crippen molar-refractivity contribution in [1.82, 2.24) is 0 Å². The maximum Gasteiger partial charge on any atom is 0.338 e. The molecule has 5 heteroatoms. The molecule has 0 bridgehead atoms. The Balaban J connectivity index is 2.30. The number of carbonyl (C=O) groups is 2. The Morgan fingerprint density at radius 3 is 2.42 bits per heavy atom. The zero-order chi connectivity index (χ0) is 17.5. The molecule has 0 fully saturated rings. The van der Waals surface area contributed by atoms with Crippen molar-refractivity contribution in [2.75, 3.05) is 18.5 Å². The minimum atomic E-state index is -0.418. The van der Waals surface area contributed by atoms with Crippen LogP contribution in [-0.2, 0) is 11.2 Å². The van der Waals surface area contributed by atoms with Gasteiger partial charge in [-0.3, -0.25) is 4.79 Å². The zero-order valence-corrected chi connectivity index (χ0v) is 15.4. The molecule has 2 aromatic carbocycles. The molecule has 0 amide bonds. The Morgan fingerprint density at radius 1 is 1.08 bits per heavy atom. The number of ketones is 1. The maximum absolute atomic E-state index is 12.7. The minimum absolute atomic E-state index is 0.0422. The van der Waals surface area contributed by atoms with Gasteiger partial charge >= 0.3 is 5.97 Å². The normalized spacial score (nSPS) is 10.3. The van der Waals surface area contributed by atoms with E-state index in [-0.39, 0.29) is 12.2 Å². The number of nitrogens with one attached hydrogen (secondary N) is 1. The third-order valence-corrected chi connectivity index (χ3v) is 4.00. The maximum atomic E-state index is 12.7. The summed E-state index contributed by atoms with van der Waals surface area (Å²) in [6.07, 6.45) is 0.276. The van der Waals surface area contributed by atoms with Crippen LogP contribution in [0, 0.1) is 0 Å². The fraction of sp³-hybridized carbons (Fsp3) is 0.263. The van der Waals surface area contributed by atoms with Gasteiger partial charge in [-0.25, -0.2) is 4.79 Å². The van der Waals surface area contributed by atoms with Crippen LogP contribution in [0.2, 0.25) is 0 Å². The van der Waals surface area contributed by atoms with Crippen LogP contribution in [0.1, 0.15) is 40.1 Å². The summed E-state index contributed by atoms with van der Waals surface area (Å²) in [4.78, 5) is 24.6. The van der Waals surface area contributed by atoms with Gasteiger partial charge in [0, 0.05) is 28.7 Å². The number of halogens is 1. The van der Waals surface area contributed by atoms with Crippen molar-refractivity contribution in [3.63, 3.8) is 0 Å². The Morgan fingerprint density at radius 2 is 1.79 bits per heavy atom. The highest BCUT2D eigenvalue weighted by Crippen LogP contribution is 2.21. The van der Waals surface area contributed by atoms with E-state index in [1.807, 2.05) is 31.2 Å². The number of rotatable bonds is 7. The lowest BCUT2D eigenvalue weighted by Crippen LogP contribution is -2.12. The molecule has 0 aliphatic carbocycles. The molecule has 0 saturated carbocycles. The van der Waals surface area contributed by atoms with E-state index in [1.54, 1.807) is 25.1 Å². The van der Waals surface area contributed by atoms with Crippen LogP contribution in [0.3, 0.4) is 0 Å². The Labute approximate surface area is 150 Å². The number of hydrogen-bond acceptors (Lipinski definition) is 4. The summed E-state index contributed by atoms with van der Waals surface area (Å²) in [5.74, 6) is -0.460. The van der Waals surface area contributed by atoms with Crippen molar-refractivity contribution in [2.45, 2.75) is 20.3 Å². The van der Waals surface area contributed by atoms with E-state index in [2.05, 4.69) is 21.2 Å². The molecule has 0 unspecified atom stereocenters. The van der Waals surface area contributed by atoms with Gasteiger partial charge in [-0.1, -0.05) is 28.1 Å². The molecule has 1 N–H and O–H groups in total. The SMILES string of the molecule is CCNc1ccc(C(=O)OCC)cc1C(=O)Cc1ccc(Br)cc1. The van der Waals surface area contributed by atoms with Gasteiger partial charge in [0.15, 0.2) is 5.78 Å². The predicted molar refractivity (Wildman–Crippen MR) is 98.7 cm³/mol. The molecule has 0 aromatic heterocycles. The molecule has 0 aliphatic heterocycles. The van der Waals surface area contributed by atoms with E-state index in [0.717, 1.165) is 15.7 Å². The summed E-state index contributed by atoms with van der Waals surface area (Å²) >= 11 is 3.38. The van der Waals surface area contributed by atoms with Crippen LogP contribution < -0.4 is 5.32 Å². The smallest absolute Gasteiger partial charge is 0.338 e. The third kappa shape index (κ3) is 4.68. The summed E-state index contributed by atoms with van der Waals surface area (Å²) in [6.45, 7) is 4.71. The largest absolute Gasteiger partial charge is 0.462 e. The second kappa shape index (κ2) is 8.64. The topological polar surface area (TPSA) is 55.4 Å². The molecule has 0 saturated heterocycles. The van der Waals surface area contributed by atoms with Crippen LogP contribution >= 0.6 is 15.9 Å². The lowest BCUT2D eigenvalue weighted by molar-refractivity contribution is 0.0526. The molecule has 4 nitrogen and oxygen atoms in total. The van der Waals surface area contributed by atoms with E-state index in [1.165, 1.54) is 0 Å². The first-order chi connectivity index (χ1) is 11.5. The van der Waals surface area contributed by atoms with Gasteiger partial charge in [-0.2, -0.15) is 0 Å². The number of benzene rings is 2. The minimum Gasteiger partial charge on any atom is -0.462 e. The number of anilines is 1. The van der Waals surface area contributed by atoms with Gasteiger partial charge in [0.1, 0.15) is 0 Å². The van der Waals surface area contributed by atoms with Crippen molar-refractivity contribution in [1.29, 1.82) is 0 Å². The van der Waals surface area contributed by atoms with Crippen molar-refractivity contribution in [2.24, 2.45) is 0 Å². The summed E-state index contributed by atoms with van der Waals surface area (Å²) in [6, 6.07) is 12.7. The van der Waals surface area contributed by atoms with E-state index in [9.17, 15) is 9.59 Å². The molecule has 2 aromatic rings. The molecule has 0 heterocycles. The fourth-order valence-electron chi connectivity index (χ4n) is 2.34. The number of hydrogen-bond donors (Lipinski definition) is 1. The highest BCUT2D eigenvalue weighted by molar-refractivity contribution is 9.10. The predicted octanol–water partition coefficient (Wildman–Crippen LogP) is 4.48. The van der Waals surface area contributed by atoms with Gasteiger partial charge in [0.05, 0.1) is 12.2 Å². The fourth-order valence-corrected chi connectivity index (χ4v) is 2.61. The van der Waals surface area contributed by atoms with Crippen LogP contribution in [0.4, 0.5) is 5.69 Å². The molecular weight excluding hydrogens is 370 g/mol. The first-order valence-electron chi connectivity index (χ1n) is 7.87. The van der Waals surface area contributed by atoms with Gasteiger partial charge < -0.3 is 10.1 Å². The van der Waals surface area contributed by atoms with E-state index in [0.29, 0.717) is 24.3 Å². The van der Waals surface area contributed by atoms with E-state index < -0.39 is 5.97 Å². The molecule has 2 rings (SSSR count). The molecule has 0 aliphatic rings. The van der Waals surface area contributed by atoms with Gasteiger partial charge in [0.25, 0.3) is 0 Å². The summed E-state index contributed by atoms with van der Waals surface area (Å²) < 4.78 is 5.99. The number of carbonyl (C=O) groups excluding carboxylic acids is 2. The quantitative estimate of drug-likeness (QED) is 0.559. The third-order valence-electron chi connectivity index (χ3n) is 3.48. The van der Waals surface area contributed by atoms with Gasteiger partial charge in [-0.15, -0.1) is 0 Å². The lowest BCUT2D eigenvalue weighted by Gasteiger charge is -2.12. The first kappa shape index (κ1) is 18.2. The van der Waals surface area contributed by atoms with Crippen molar-refractivity contribution in [3.8, 4) is 0 Å². The second-order valence-corrected chi connectivity index (χ2v) is 6.15. The zero-order valence-electron chi connectivity index (χ0n) is 13.8. The summed E-state index contributed by atoms with van der Waals surface area (Å²) in [5.41, 5.74) is 2.54. The second-order valence-electron chi connectivity index (χ2n) is 5.24. The van der Waals surface area contributed by atoms with E-state index >= 15 is 0 Å². The van der Waals surface area contributed by atoms with Crippen molar-refractivity contribution >= 4 is 33.4 Å². The average Bonchev–Trinajstić information content (AvgIpc) is 2.57. The highest BCUT2D eigenvalue weighted by Gasteiger charge is 2.16. The van der Waals surface area contributed by atoms with Gasteiger partial charge in [0.2, 0.25) is 0 Å². The molecule has 0 spiro atoms.